The molecular weight excluding hydrogens is 208 g/mol. The van der Waals surface area contributed by atoms with Gasteiger partial charge in [-0.1, -0.05) is 55.5 Å². The molecule has 2 heteroatoms. The summed E-state index contributed by atoms with van der Waals surface area (Å²) in [6.07, 6.45) is 1.02. The predicted molar refractivity (Wildman–Crippen MR) is 70.9 cm³/mol. The second-order valence-corrected chi connectivity index (χ2v) is 4.13. The molecule has 3 rings (SSSR count). The summed E-state index contributed by atoms with van der Waals surface area (Å²) in [6.45, 7) is 2.16. The third-order valence-corrected chi connectivity index (χ3v) is 3.11. The maximum Gasteiger partial charge on any atom is 0.0999 e. The smallest absolute Gasteiger partial charge is 0.0999 e. The molecule has 0 radical (unpaired) electrons. The van der Waals surface area contributed by atoms with Gasteiger partial charge in [-0.15, -0.1) is 0 Å². The molecule has 1 N–H and O–H groups in total. The maximum absolute atomic E-state index is 4.45. The summed E-state index contributed by atoms with van der Waals surface area (Å²) < 4.78 is 0. The van der Waals surface area contributed by atoms with Gasteiger partial charge in [0.1, 0.15) is 0 Å². The second-order valence-electron chi connectivity index (χ2n) is 4.13. The van der Waals surface area contributed by atoms with E-state index in [0.29, 0.717) is 0 Å². The van der Waals surface area contributed by atoms with Gasteiger partial charge in [0.25, 0.3) is 0 Å². The predicted octanol–water partition coefficient (Wildman–Crippen LogP) is 3.79. The minimum Gasteiger partial charge on any atom is -0.277 e. The molecular formula is C15H14N2. The van der Waals surface area contributed by atoms with Gasteiger partial charge in [-0.05, 0) is 12.0 Å². The van der Waals surface area contributed by atoms with Gasteiger partial charge in [-0.2, -0.15) is 5.10 Å². The molecule has 0 saturated heterocycles. The van der Waals surface area contributed by atoms with Gasteiger partial charge in [0, 0.05) is 10.9 Å². The minimum absolute atomic E-state index is 1.02. The summed E-state index contributed by atoms with van der Waals surface area (Å²) in [7, 11) is 0. The van der Waals surface area contributed by atoms with E-state index in [9.17, 15) is 0 Å². The van der Waals surface area contributed by atoms with Crippen molar-refractivity contribution in [3.63, 3.8) is 0 Å². The highest BCUT2D eigenvalue weighted by atomic mass is 15.1. The van der Waals surface area contributed by atoms with E-state index in [1.54, 1.807) is 0 Å². The quantitative estimate of drug-likeness (QED) is 0.702. The third-order valence-electron chi connectivity index (χ3n) is 3.11. The van der Waals surface area contributed by atoms with Crippen LogP contribution in [0.25, 0.3) is 22.2 Å². The Morgan fingerprint density at radius 3 is 2.59 bits per heavy atom. The number of fused-ring (bicyclic) bond motifs is 1. The molecule has 0 aliphatic carbocycles. The number of para-hydroxylation sites is 1. The highest BCUT2D eigenvalue weighted by molar-refractivity contribution is 5.94. The van der Waals surface area contributed by atoms with E-state index >= 15 is 0 Å². The normalized spacial score (nSPS) is 10.9. The SMILES string of the molecule is CCc1cccc2c(-c3ccccc3)n[nH]c12. The lowest BCUT2D eigenvalue weighted by atomic mass is 10.0. The first kappa shape index (κ1) is 10.1. The van der Waals surface area contributed by atoms with E-state index in [1.807, 2.05) is 18.2 Å². The molecule has 1 heterocycles. The van der Waals surface area contributed by atoms with Gasteiger partial charge in [0.05, 0.1) is 11.2 Å². The molecule has 17 heavy (non-hydrogen) atoms. The lowest BCUT2D eigenvalue weighted by molar-refractivity contribution is 1.09. The van der Waals surface area contributed by atoms with Crippen LogP contribution in [0, 0.1) is 0 Å². The number of rotatable bonds is 2. The second kappa shape index (κ2) is 4.06. The summed E-state index contributed by atoms with van der Waals surface area (Å²) in [5, 5.41) is 8.81. The van der Waals surface area contributed by atoms with E-state index in [4.69, 9.17) is 0 Å². The Kier molecular flexibility index (Phi) is 2.41. The average Bonchev–Trinajstić information content (AvgIpc) is 2.83. The zero-order chi connectivity index (χ0) is 11.7. The number of benzene rings is 2. The molecule has 1 aromatic heterocycles. The Balaban J connectivity index is 2.26. The fourth-order valence-electron chi connectivity index (χ4n) is 2.21. The van der Waals surface area contributed by atoms with Crippen LogP contribution in [0.2, 0.25) is 0 Å². The van der Waals surface area contributed by atoms with Crippen molar-refractivity contribution in [2.75, 3.05) is 0 Å². The van der Waals surface area contributed by atoms with Crippen molar-refractivity contribution in [1.29, 1.82) is 0 Å². The Labute approximate surface area is 100 Å². The third kappa shape index (κ3) is 1.62. The van der Waals surface area contributed by atoms with E-state index in [1.165, 1.54) is 10.9 Å². The van der Waals surface area contributed by atoms with E-state index in [0.717, 1.165) is 23.2 Å². The van der Waals surface area contributed by atoms with Crippen molar-refractivity contribution in [1.82, 2.24) is 10.2 Å². The number of nitrogens with zero attached hydrogens (tertiary/aromatic N) is 1. The molecule has 0 bridgehead atoms. The lowest BCUT2D eigenvalue weighted by Gasteiger charge is -1.99. The zero-order valence-electron chi connectivity index (χ0n) is 9.77. The minimum atomic E-state index is 1.02. The van der Waals surface area contributed by atoms with Gasteiger partial charge < -0.3 is 0 Å². The molecule has 2 aromatic carbocycles. The van der Waals surface area contributed by atoms with Crippen LogP contribution < -0.4 is 0 Å². The molecule has 0 fully saturated rings. The molecule has 0 saturated carbocycles. The fraction of sp³-hybridized carbons (Fsp3) is 0.133. The highest BCUT2D eigenvalue weighted by Gasteiger charge is 2.09. The maximum atomic E-state index is 4.45. The van der Waals surface area contributed by atoms with Gasteiger partial charge in [-0.3, -0.25) is 5.10 Å². The van der Waals surface area contributed by atoms with Gasteiger partial charge >= 0.3 is 0 Å². The molecule has 0 spiro atoms. The van der Waals surface area contributed by atoms with Crippen molar-refractivity contribution < 1.29 is 0 Å². The summed E-state index contributed by atoms with van der Waals surface area (Å²) in [6, 6.07) is 16.7. The molecule has 0 unspecified atom stereocenters. The number of hydrogen-bond acceptors (Lipinski definition) is 1. The van der Waals surface area contributed by atoms with Gasteiger partial charge in [-0.25, -0.2) is 0 Å². The first-order chi connectivity index (χ1) is 8.40. The van der Waals surface area contributed by atoms with E-state index in [-0.39, 0.29) is 0 Å². The first-order valence-electron chi connectivity index (χ1n) is 5.91. The van der Waals surface area contributed by atoms with Crippen molar-refractivity contribution in [3.05, 3.63) is 54.1 Å². The Bertz CT molecular complexity index is 638. The Morgan fingerprint density at radius 2 is 1.82 bits per heavy atom. The number of aromatic amines is 1. The average molecular weight is 222 g/mol. The summed E-state index contributed by atoms with van der Waals surface area (Å²) in [5.41, 5.74) is 4.67. The van der Waals surface area contributed by atoms with Crippen LogP contribution in [0.3, 0.4) is 0 Å². The van der Waals surface area contributed by atoms with Gasteiger partial charge in [0.15, 0.2) is 0 Å². The van der Waals surface area contributed by atoms with Crippen LogP contribution in [0.5, 0.6) is 0 Å². The molecule has 2 nitrogen and oxygen atoms in total. The molecule has 0 amide bonds. The molecule has 0 aliphatic rings. The summed E-state index contributed by atoms with van der Waals surface area (Å²) >= 11 is 0. The fourth-order valence-corrected chi connectivity index (χ4v) is 2.21. The number of H-pyrrole nitrogens is 1. The van der Waals surface area contributed by atoms with Crippen molar-refractivity contribution >= 4 is 10.9 Å². The molecule has 0 aliphatic heterocycles. The van der Waals surface area contributed by atoms with Crippen molar-refractivity contribution in [2.24, 2.45) is 0 Å². The monoisotopic (exact) mass is 222 g/mol. The van der Waals surface area contributed by atoms with Crippen LogP contribution in [0.1, 0.15) is 12.5 Å². The van der Waals surface area contributed by atoms with Gasteiger partial charge in [0.2, 0.25) is 0 Å². The molecule has 0 atom stereocenters. The van der Waals surface area contributed by atoms with Crippen LogP contribution >= 0.6 is 0 Å². The molecule has 3 aromatic rings. The van der Waals surface area contributed by atoms with Crippen molar-refractivity contribution in [3.8, 4) is 11.3 Å². The van der Waals surface area contributed by atoms with Crippen LogP contribution in [0.15, 0.2) is 48.5 Å². The summed E-state index contributed by atoms with van der Waals surface area (Å²) in [4.78, 5) is 0. The Morgan fingerprint density at radius 1 is 1.00 bits per heavy atom. The standard InChI is InChI=1S/C15H14N2/c1-2-11-9-6-10-13-14(11)16-17-15(13)12-7-4-3-5-8-12/h3-10H,2H2,1H3,(H,16,17). The Hall–Kier alpha value is -2.09. The van der Waals surface area contributed by atoms with E-state index < -0.39 is 0 Å². The van der Waals surface area contributed by atoms with Crippen LogP contribution in [-0.4, -0.2) is 10.2 Å². The number of hydrogen-bond donors (Lipinski definition) is 1. The van der Waals surface area contributed by atoms with Crippen molar-refractivity contribution in [2.45, 2.75) is 13.3 Å². The number of aromatic nitrogens is 2. The summed E-state index contributed by atoms with van der Waals surface area (Å²) in [5.74, 6) is 0. The zero-order valence-corrected chi connectivity index (χ0v) is 9.77. The first-order valence-corrected chi connectivity index (χ1v) is 5.91. The van der Waals surface area contributed by atoms with E-state index in [2.05, 4.69) is 47.5 Å². The number of nitrogens with one attached hydrogen (secondary N) is 1. The van der Waals surface area contributed by atoms with Crippen LogP contribution in [0.4, 0.5) is 0 Å². The largest absolute Gasteiger partial charge is 0.277 e. The highest BCUT2D eigenvalue weighted by Crippen LogP contribution is 2.27. The van der Waals surface area contributed by atoms with Crippen LogP contribution in [-0.2, 0) is 6.42 Å². The number of aryl methyl sites for hydroxylation is 1. The molecule has 84 valence electrons. The topological polar surface area (TPSA) is 28.7 Å². The lowest BCUT2D eigenvalue weighted by Crippen LogP contribution is -1.81.